The maximum absolute atomic E-state index is 5.38. The van der Waals surface area contributed by atoms with Gasteiger partial charge >= 0.3 is 0 Å². The summed E-state index contributed by atoms with van der Waals surface area (Å²) >= 11 is 0. The van der Waals surface area contributed by atoms with Gasteiger partial charge in [-0.15, -0.1) is 0 Å². The van der Waals surface area contributed by atoms with E-state index in [2.05, 4.69) is 26.1 Å². The third-order valence-corrected chi connectivity index (χ3v) is 5.47. The van der Waals surface area contributed by atoms with Crippen LogP contribution < -0.4 is 5.32 Å². The lowest BCUT2D eigenvalue weighted by Gasteiger charge is -2.62. The molecule has 3 aliphatic rings. The molecule has 2 bridgehead atoms. The van der Waals surface area contributed by atoms with Crippen LogP contribution >= 0.6 is 0 Å². The Bertz CT molecular complexity index is 382. The molecule has 4 atom stereocenters. The van der Waals surface area contributed by atoms with Crippen molar-refractivity contribution >= 4 is 0 Å². The molecule has 0 spiro atoms. The van der Waals surface area contributed by atoms with E-state index < -0.39 is 0 Å². The van der Waals surface area contributed by atoms with Crippen molar-refractivity contribution < 1.29 is 4.42 Å². The first kappa shape index (κ1) is 11.3. The molecule has 3 aliphatic carbocycles. The van der Waals surface area contributed by atoms with Gasteiger partial charge in [0.05, 0.1) is 12.8 Å². The van der Waals surface area contributed by atoms with Crippen LogP contribution in [0.4, 0.5) is 0 Å². The van der Waals surface area contributed by atoms with Crippen LogP contribution in [-0.4, -0.2) is 6.04 Å². The topological polar surface area (TPSA) is 25.2 Å². The summed E-state index contributed by atoms with van der Waals surface area (Å²) in [5.74, 6) is 3.69. The minimum Gasteiger partial charge on any atom is -0.468 e. The molecule has 2 nitrogen and oxygen atoms in total. The summed E-state index contributed by atoms with van der Waals surface area (Å²) in [6, 6.07) is 4.68. The quantitative estimate of drug-likeness (QED) is 0.865. The Morgan fingerprint density at radius 2 is 2.24 bits per heavy atom. The first-order valence-electron chi connectivity index (χ1n) is 6.85. The molecule has 1 heterocycles. The minimum absolute atomic E-state index is 0.586. The van der Waals surface area contributed by atoms with Gasteiger partial charge in [0, 0.05) is 6.04 Å². The molecule has 0 aliphatic heterocycles. The summed E-state index contributed by atoms with van der Waals surface area (Å²) in [6.45, 7) is 8.19. The standard InChI is InChI=1S/C15H23NO/c1-10-13-7-11(15(13,2)3)8-14(10)16-9-12-5-4-6-17-12/h4-6,10-11,13-14,16H,7-9H2,1-3H3/t10-,11-,13+,14-/m1/s1. The Kier molecular flexibility index (Phi) is 2.58. The number of furan rings is 1. The molecule has 0 aromatic carbocycles. The number of hydrogen-bond acceptors (Lipinski definition) is 2. The summed E-state index contributed by atoms with van der Waals surface area (Å²) in [5, 5.41) is 3.68. The highest BCUT2D eigenvalue weighted by atomic mass is 16.3. The first-order chi connectivity index (χ1) is 8.09. The second-order valence-electron chi connectivity index (χ2n) is 6.52. The third kappa shape index (κ3) is 1.74. The smallest absolute Gasteiger partial charge is 0.117 e. The molecule has 4 rings (SSSR count). The van der Waals surface area contributed by atoms with Gasteiger partial charge in [-0.3, -0.25) is 0 Å². The lowest BCUT2D eigenvalue weighted by atomic mass is 9.45. The average molecular weight is 233 g/mol. The Hall–Kier alpha value is -0.760. The zero-order valence-electron chi connectivity index (χ0n) is 11.1. The lowest BCUT2D eigenvalue weighted by molar-refractivity contribution is -0.115. The van der Waals surface area contributed by atoms with Crippen LogP contribution in [0.25, 0.3) is 0 Å². The molecule has 1 aromatic heterocycles. The molecule has 0 amide bonds. The average Bonchev–Trinajstić information content (AvgIpc) is 2.79. The van der Waals surface area contributed by atoms with E-state index in [0.29, 0.717) is 11.5 Å². The van der Waals surface area contributed by atoms with E-state index in [1.807, 2.05) is 12.1 Å². The Balaban J connectivity index is 1.60. The summed E-state index contributed by atoms with van der Waals surface area (Å²) in [5.41, 5.74) is 0.586. The predicted octanol–water partition coefficient (Wildman–Crippen LogP) is 3.44. The maximum atomic E-state index is 5.38. The van der Waals surface area contributed by atoms with E-state index >= 15 is 0 Å². The van der Waals surface area contributed by atoms with Gasteiger partial charge in [-0.05, 0) is 48.1 Å². The highest BCUT2D eigenvalue weighted by Crippen LogP contribution is 2.61. The fraction of sp³-hybridized carbons (Fsp3) is 0.733. The van der Waals surface area contributed by atoms with Gasteiger partial charge in [0.25, 0.3) is 0 Å². The van der Waals surface area contributed by atoms with Crippen LogP contribution in [0.15, 0.2) is 22.8 Å². The first-order valence-corrected chi connectivity index (χ1v) is 6.85. The highest BCUT2D eigenvalue weighted by Gasteiger charge is 2.55. The van der Waals surface area contributed by atoms with Gasteiger partial charge in [0.1, 0.15) is 5.76 Å². The van der Waals surface area contributed by atoms with Crippen LogP contribution in [-0.2, 0) is 6.54 Å². The van der Waals surface area contributed by atoms with Crippen LogP contribution in [0.5, 0.6) is 0 Å². The fourth-order valence-corrected chi connectivity index (χ4v) is 4.06. The van der Waals surface area contributed by atoms with Crippen molar-refractivity contribution in [3.05, 3.63) is 24.2 Å². The van der Waals surface area contributed by atoms with Crippen molar-refractivity contribution in [2.24, 2.45) is 23.2 Å². The van der Waals surface area contributed by atoms with Crippen LogP contribution in [0.1, 0.15) is 39.4 Å². The van der Waals surface area contributed by atoms with E-state index in [1.165, 1.54) is 12.8 Å². The molecular weight excluding hydrogens is 210 g/mol. The van der Waals surface area contributed by atoms with Gasteiger partial charge in [0.2, 0.25) is 0 Å². The number of fused-ring (bicyclic) bond motifs is 2. The second kappa shape index (κ2) is 3.88. The van der Waals surface area contributed by atoms with Gasteiger partial charge in [-0.25, -0.2) is 0 Å². The van der Waals surface area contributed by atoms with E-state index in [1.54, 1.807) is 6.26 Å². The predicted molar refractivity (Wildman–Crippen MR) is 68.5 cm³/mol. The van der Waals surface area contributed by atoms with Gasteiger partial charge in [-0.1, -0.05) is 20.8 Å². The van der Waals surface area contributed by atoms with E-state index in [0.717, 1.165) is 30.1 Å². The SMILES string of the molecule is C[C@H]1[C@H](NCc2ccco2)C[C@H]2C[C@@H]1C2(C)C. The summed E-state index contributed by atoms with van der Waals surface area (Å²) in [4.78, 5) is 0. The monoisotopic (exact) mass is 233 g/mol. The Morgan fingerprint density at radius 1 is 1.41 bits per heavy atom. The zero-order valence-corrected chi connectivity index (χ0v) is 11.1. The molecule has 94 valence electrons. The van der Waals surface area contributed by atoms with Crippen molar-refractivity contribution in [3.8, 4) is 0 Å². The summed E-state index contributed by atoms with van der Waals surface area (Å²) < 4.78 is 5.38. The fourth-order valence-electron chi connectivity index (χ4n) is 4.06. The number of hydrogen-bond donors (Lipinski definition) is 1. The van der Waals surface area contributed by atoms with E-state index in [-0.39, 0.29) is 0 Å². The normalized spacial score (nSPS) is 38.8. The maximum Gasteiger partial charge on any atom is 0.117 e. The zero-order chi connectivity index (χ0) is 12.0. The highest BCUT2D eigenvalue weighted by molar-refractivity contribution is 5.07. The molecule has 3 fully saturated rings. The van der Waals surface area contributed by atoms with Gasteiger partial charge in [-0.2, -0.15) is 0 Å². The Morgan fingerprint density at radius 3 is 2.82 bits per heavy atom. The number of rotatable bonds is 3. The molecule has 0 saturated heterocycles. The van der Waals surface area contributed by atoms with Crippen molar-refractivity contribution in [1.82, 2.24) is 5.32 Å². The molecule has 1 aromatic rings. The van der Waals surface area contributed by atoms with Crippen molar-refractivity contribution in [2.45, 2.75) is 46.2 Å². The molecule has 0 radical (unpaired) electrons. The minimum atomic E-state index is 0.586. The molecule has 3 saturated carbocycles. The Labute approximate surface area is 104 Å². The molecular formula is C15H23NO. The van der Waals surface area contributed by atoms with Crippen molar-refractivity contribution in [2.75, 3.05) is 0 Å². The summed E-state index contributed by atoms with van der Waals surface area (Å²) in [7, 11) is 0. The number of nitrogens with one attached hydrogen (secondary N) is 1. The van der Waals surface area contributed by atoms with E-state index in [9.17, 15) is 0 Å². The third-order valence-electron chi connectivity index (χ3n) is 5.47. The van der Waals surface area contributed by atoms with Crippen molar-refractivity contribution in [3.63, 3.8) is 0 Å². The van der Waals surface area contributed by atoms with Crippen LogP contribution in [0.2, 0.25) is 0 Å². The lowest BCUT2D eigenvalue weighted by Crippen LogP contribution is -2.59. The molecule has 2 heteroatoms. The largest absolute Gasteiger partial charge is 0.468 e. The van der Waals surface area contributed by atoms with Crippen LogP contribution in [0.3, 0.4) is 0 Å². The van der Waals surface area contributed by atoms with Crippen molar-refractivity contribution in [1.29, 1.82) is 0 Å². The molecule has 0 unspecified atom stereocenters. The van der Waals surface area contributed by atoms with Gasteiger partial charge in [0.15, 0.2) is 0 Å². The van der Waals surface area contributed by atoms with Crippen LogP contribution in [0, 0.1) is 23.2 Å². The van der Waals surface area contributed by atoms with Gasteiger partial charge < -0.3 is 9.73 Å². The molecule has 1 N–H and O–H groups in total. The molecule has 17 heavy (non-hydrogen) atoms. The van der Waals surface area contributed by atoms with E-state index in [4.69, 9.17) is 4.42 Å². The summed E-state index contributed by atoms with van der Waals surface area (Å²) in [6.07, 6.45) is 4.54. The second-order valence-corrected chi connectivity index (χ2v) is 6.52.